The first-order chi connectivity index (χ1) is 11.1. The smallest absolute Gasteiger partial charge is 0.255 e. The number of amides is 1. The average Bonchev–Trinajstić information content (AvgIpc) is 2.56. The Morgan fingerprint density at radius 2 is 1.70 bits per heavy atom. The fourth-order valence-corrected chi connectivity index (χ4v) is 2.17. The van der Waals surface area contributed by atoms with E-state index >= 15 is 0 Å². The highest BCUT2D eigenvalue weighted by Crippen LogP contribution is 2.12. The molecule has 2 aromatic rings. The zero-order chi connectivity index (χ0) is 16.7. The first-order valence-corrected chi connectivity index (χ1v) is 7.92. The number of hydrogen-bond donors (Lipinski definition) is 3. The van der Waals surface area contributed by atoms with E-state index in [1.54, 1.807) is 7.05 Å². The van der Waals surface area contributed by atoms with Crippen LogP contribution in [0.4, 0.5) is 5.69 Å². The van der Waals surface area contributed by atoms with Gasteiger partial charge in [0.15, 0.2) is 5.11 Å². The lowest BCUT2D eigenvalue weighted by Gasteiger charge is -2.08. The lowest BCUT2D eigenvalue weighted by molar-refractivity contribution is 0.102. The first kappa shape index (κ1) is 17.0. The maximum Gasteiger partial charge on any atom is 0.255 e. The maximum absolute atomic E-state index is 12.1. The van der Waals surface area contributed by atoms with Gasteiger partial charge in [0.2, 0.25) is 0 Å². The van der Waals surface area contributed by atoms with Crippen molar-refractivity contribution in [3.05, 3.63) is 65.2 Å². The first-order valence-electron chi connectivity index (χ1n) is 7.51. The molecule has 0 aliphatic rings. The zero-order valence-corrected chi connectivity index (χ0v) is 14.2. The molecule has 0 saturated heterocycles. The zero-order valence-electron chi connectivity index (χ0n) is 13.3. The van der Waals surface area contributed by atoms with Crippen LogP contribution in [0.2, 0.25) is 0 Å². The highest BCUT2D eigenvalue weighted by molar-refractivity contribution is 7.80. The van der Waals surface area contributed by atoms with Crippen LogP contribution >= 0.6 is 12.2 Å². The minimum atomic E-state index is -0.0983. The molecule has 2 aromatic carbocycles. The summed E-state index contributed by atoms with van der Waals surface area (Å²) in [4.78, 5) is 12.1. The third-order valence-electron chi connectivity index (χ3n) is 3.45. The molecule has 0 radical (unpaired) electrons. The number of thiocarbonyl (C=S) groups is 1. The van der Waals surface area contributed by atoms with Crippen LogP contribution in [0.1, 0.15) is 21.5 Å². The van der Waals surface area contributed by atoms with Crippen molar-refractivity contribution in [3.8, 4) is 0 Å². The molecule has 3 N–H and O–H groups in total. The van der Waals surface area contributed by atoms with Gasteiger partial charge in [0, 0.05) is 24.8 Å². The van der Waals surface area contributed by atoms with E-state index in [4.69, 9.17) is 12.2 Å². The fraction of sp³-hybridized carbons (Fsp3) is 0.222. The number of aryl methyl sites for hydroxylation is 1. The number of anilines is 1. The molecule has 1 amide bonds. The Bertz CT molecular complexity index is 666. The largest absolute Gasteiger partial charge is 0.366 e. The molecule has 0 spiro atoms. The quantitative estimate of drug-likeness (QED) is 0.739. The Kier molecular flexibility index (Phi) is 6.11. The van der Waals surface area contributed by atoms with Crippen LogP contribution in [-0.2, 0) is 6.42 Å². The van der Waals surface area contributed by atoms with Gasteiger partial charge >= 0.3 is 0 Å². The van der Waals surface area contributed by atoms with Crippen LogP contribution in [0.25, 0.3) is 0 Å². The summed E-state index contributed by atoms with van der Waals surface area (Å²) < 4.78 is 0. The van der Waals surface area contributed by atoms with E-state index in [1.807, 2.05) is 55.5 Å². The van der Waals surface area contributed by atoms with Gasteiger partial charge in [0.1, 0.15) is 0 Å². The van der Waals surface area contributed by atoms with E-state index in [2.05, 4.69) is 16.0 Å². The highest BCUT2D eigenvalue weighted by Gasteiger charge is 2.05. The maximum atomic E-state index is 12.1. The summed E-state index contributed by atoms with van der Waals surface area (Å²) in [7, 11) is 1.79. The van der Waals surface area contributed by atoms with Gasteiger partial charge in [-0.15, -0.1) is 0 Å². The Morgan fingerprint density at radius 1 is 1.04 bits per heavy atom. The van der Waals surface area contributed by atoms with Gasteiger partial charge in [-0.1, -0.05) is 29.8 Å². The summed E-state index contributed by atoms with van der Waals surface area (Å²) in [6.07, 6.45) is 0.869. The molecule has 0 aliphatic carbocycles. The van der Waals surface area contributed by atoms with Gasteiger partial charge in [-0.25, -0.2) is 0 Å². The van der Waals surface area contributed by atoms with E-state index in [-0.39, 0.29) is 5.91 Å². The van der Waals surface area contributed by atoms with Crippen LogP contribution in [0.3, 0.4) is 0 Å². The predicted molar refractivity (Wildman–Crippen MR) is 98.9 cm³/mol. The van der Waals surface area contributed by atoms with Crippen molar-refractivity contribution in [3.63, 3.8) is 0 Å². The normalized spacial score (nSPS) is 10.0. The van der Waals surface area contributed by atoms with Crippen molar-refractivity contribution < 1.29 is 4.79 Å². The summed E-state index contributed by atoms with van der Waals surface area (Å²) in [6.45, 7) is 2.77. The van der Waals surface area contributed by atoms with Crippen LogP contribution in [0.15, 0.2) is 48.5 Å². The molecule has 4 nitrogen and oxygen atoms in total. The Hall–Kier alpha value is -2.40. The average molecular weight is 327 g/mol. The Labute approximate surface area is 142 Å². The molecule has 0 aromatic heterocycles. The van der Waals surface area contributed by atoms with E-state index in [1.165, 1.54) is 5.56 Å². The van der Waals surface area contributed by atoms with Crippen LogP contribution in [0, 0.1) is 6.92 Å². The lowest BCUT2D eigenvalue weighted by atomic mass is 10.1. The molecule has 23 heavy (non-hydrogen) atoms. The van der Waals surface area contributed by atoms with Crippen LogP contribution in [0.5, 0.6) is 0 Å². The van der Waals surface area contributed by atoms with Crippen LogP contribution < -0.4 is 16.0 Å². The Morgan fingerprint density at radius 3 is 2.30 bits per heavy atom. The predicted octanol–water partition coefficient (Wildman–Crippen LogP) is 2.88. The number of benzene rings is 2. The van der Waals surface area contributed by atoms with E-state index in [9.17, 15) is 4.79 Å². The second kappa shape index (κ2) is 8.29. The van der Waals surface area contributed by atoms with Crippen molar-refractivity contribution >= 4 is 28.9 Å². The summed E-state index contributed by atoms with van der Waals surface area (Å²) in [5, 5.41) is 9.53. The minimum Gasteiger partial charge on any atom is -0.366 e. The standard InChI is InChI=1S/C18H21N3OS/c1-13-3-7-15(8-4-13)17(22)21-16-9-5-14(6-10-16)11-12-20-18(23)19-2/h3-10H,11-12H2,1-2H3,(H,21,22)(H2,19,20,23). The molecule has 2 rings (SSSR count). The van der Waals surface area contributed by atoms with Crippen molar-refractivity contribution in [2.24, 2.45) is 0 Å². The molecule has 0 bridgehead atoms. The number of nitrogens with one attached hydrogen (secondary N) is 3. The summed E-state index contributed by atoms with van der Waals surface area (Å²) in [6, 6.07) is 15.4. The minimum absolute atomic E-state index is 0.0983. The lowest BCUT2D eigenvalue weighted by Crippen LogP contribution is -2.33. The number of rotatable bonds is 5. The van der Waals surface area contributed by atoms with Crippen molar-refractivity contribution in [2.45, 2.75) is 13.3 Å². The topological polar surface area (TPSA) is 53.2 Å². The van der Waals surface area contributed by atoms with Crippen molar-refractivity contribution in [2.75, 3.05) is 18.9 Å². The SMILES string of the molecule is CNC(=S)NCCc1ccc(NC(=O)c2ccc(C)cc2)cc1. The summed E-state index contributed by atoms with van der Waals surface area (Å²) >= 11 is 5.02. The number of hydrogen-bond acceptors (Lipinski definition) is 2. The molecule has 0 saturated carbocycles. The summed E-state index contributed by atoms with van der Waals surface area (Å²) in [5.41, 5.74) is 3.77. The van der Waals surface area contributed by atoms with E-state index in [0.717, 1.165) is 24.2 Å². The molecular formula is C18H21N3OS. The van der Waals surface area contributed by atoms with Gasteiger partial charge in [0.05, 0.1) is 0 Å². The second-order valence-electron chi connectivity index (χ2n) is 5.27. The summed E-state index contributed by atoms with van der Waals surface area (Å²) in [5.74, 6) is -0.0983. The van der Waals surface area contributed by atoms with Crippen LogP contribution in [-0.4, -0.2) is 24.6 Å². The van der Waals surface area contributed by atoms with E-state index < -0.39 is 0 Å². The fourth-order valence-electron chi connectivity index (χ4n) is 2.07. The molecule has 0 aliphatic heterocycles. The van der Waals surface area contributed by atoms with Gasteiger partial charge in [0.25, 0.3) is 5.91 Å². The number of carbonyl (C=O) groups is 1. The van der Waals surface area contributed by atoms with Gasteiger partial charge in [-0.05, 0) is 55.4 Å². The molecule has 0 unspecified atom stereocenters. The second-order valence-corrected chi connectivity index (χ2v) is 5.68. The number of carbonyl (C=O) groups excluding carboxylic acids is 1. The van der Waals surface area contributed by atoms with Gasteiger partial charge in [-0.2, -0.15) is 0 Å². The molecule has 0 heterocycles. The van der Waals surface area contributed by atoms with Gasteiger partial charge < -0.3 is 16.0 Å². The molecule has 120 valence electrons. The van der Waals surface area contributed by atoms with Crippen molar-refractivity contribution in [1.82, 2.24) is 10.6 Å². The van der Waals surface area contributed by atoms with E-state index in [0.29, 0.717) is 10.7 Å². The third-order valence-corrected chi connectivity index (χ3v) is 3.80. The molecule has 0 fully saturated rings. The van der Waals surface area contributed by atoms with Crippen molar-refractivity contribution in [1.29, 1.82) is 0 Å². The third kappa shape index (κ3) is 5.38. The Balaban J connectivity index is 1.88. The molecule has 0 atom stereocenters. The van der Waals surface area contributed by atoms with Gasteiger partial charge in [-0.3, -0.25) is 4.79 Å². The monoisotopic (exact) mass is 327 g/mol. The highest BCUT2D eigenvalue weighted by atomic mass is 32.1. The molecule has 5 heteroatoms. The molecular weight excluding hydrogens is 306 g/mol.